The van der Waals surface area contributed by atoms with E-state index < -0.39 is 0 Å². The molecule has 128 valence electrons. The van der Waals surface area contributed by atoms with E-state index in [1.807, 2.05) is 31.3 Å². The highest BCUT2D eigenvalue weighted by Gasteiger charge is 2.06. The Balaban J connectivity index is 1.57. The number of methoxy groups -OCH3 is 1. The Bertz CT molecular complexity index is 861. The maximum absolute atomic E-state index is 5.51. The van der Waals surface area contributed by atoms with E-state index in [-0.39, 0.29) is 0 Å². The molecule has 0 saturated carbocycles. The smallest absolute Gasteiger partial charge is 0.169 e. The zero-order valence-corrected chi connectivity index (χ0v) is 15.3. The number of thiocarbonyl (C=S) groups is 1. The fourth-order valence-electron chi connectivity index (χ4n) is 2.74. The van der Waals surface area contributed by atoms with Gasteiger partial charge < -0.3 is 15.0 Å². The third-order valence-electron chi connectivity index (χ3n) is 4.18. The van der Waals surface area contributed by atoms with E-state index >= 15 is 0 Å². The van der Waals surface area contributed by atoms with Crippen molar-refractivity contribution in [3.05, 3.63) is 77.9 Å². The molecule has 0 unspecified atom stereocenters. The van der Waals surface area contributed by atoms with Crippen molar-refractivity contribution in [2.75, 3.05) is 14.2 Å². The van der Waals surface area contributed by atoms with Gasteiger partial charge in [-0.3, -0.25) is 0 Å². The summed E-state index contributed by atoms with van der Waals surface area (Å²) in [6.07, 6.45) is 0. The molecule has 0 saturated heterocycles. The summed E-state index contributed by atoms with van der Waals surface area (Å²) in [5.41, 5.74) is 2.41. The van der Waals surface area contributed by atoms with Crippen LogP contribution < -0.4 is 10.1 Å². The molecule has 0 aliphatic carbocycles. The Hall–Kier alpha value is -2.59. The van der Waals surface area contributed by atoms with Crippen LogP contribution in [0.25, 0.3) is 10.8 Å². The molecule has 0 aromatic heterocycles. The number of nitrogens with zero attached hydrogens (tertiary/aromatic N) is 1. The summed E-state index contributed by atoms with van der Waals surface area (Å²) in [6.45, 7) is 1.48. The molecule has 1 N–H and O–H groups in total. The summed E-state index contributed by atoms with van der Waals surface area (Å²) in [5.74, 6) is 0.861. The lowest BCUT2D eigenvalue weighted by atomic mass is 10.1. The molecule has 0 bridgehead atoms. The Labute approximate surface area is 154 Å². The van der Waals surface area contributed by atoms with E-state index in [4.69, 9.17) is 17.0 Å². The molecule has 3 aromatic rings. The van der Waals surface area contributed by atoms with Gasteiger partial charge in [0.05, 0.1) is 7.11 Å². The molecule has 0 aliphatic rings. The van der Waals surface area contributed by atoms with Gasteiger partial charge in [-0.2, -0.15) is 0 Å². The molecule has 3 rings (SSSR count). The summed E-state index contributed by atoms with van der Waals surface area (Å²) >= 11 is 5.51. The fraction of sp³-hybridized carbons (Fsp3) is 0.190. The SMILES string of the molecule is COc1ccc(CNC(=S)N(C)Cc2ccc3ccccc3c2)cc1. The summed E-state index contributed by atoms with van der Waals surface area (Å²) in [4.78, 5) is 2.06. The van der Waals surface area contributed by atoms with E-state index in [0.717, 1.165) is 17.4 Å². The Kier molecular flexibility index (Phi) is 5.51. The van der Waals surface area contributed by atoms with Crippen molar-refractivity contribution in [2.24, 2.45) is 0 Å². The number of benzene rings is 3. The van der Waals surface area contributed by atoms with Gasteiger partial charge in [0.15, 0.2) is 5.11 Å². The van der Waals surface area contributed by atoms with Crippen molar-refractivity contribution in [3.63, 3.8) is 0 Å². The number of hydrogen-bond acceptors (Lipinski definition) is 2. The van der Waals surface area contributed by atoms with Crippen molar-refractivity contribution in [2.45, 2.75) is 13.1 Å². The van der Waals surface area contributed by atoms with Crippen LogP contribution in [0.4, 0.5) is 0 Å². The van der Waals surface area contributed by atoms with Crippen LogP contribution in [0.3, 0.4) is 0 Å². The van der Waals surface area contributed by atoms with E-state index in [1.54, 1.807) is 7.11 Å². The van der Waals surface area contributed by atoms with Crippen LogP contribution in [0.2, 0.25) is 0 Å². The predicted molar refractivity (Wildman–Crippen MR) is 108 cm³/mol. The molecule has 0 heterocycles. The molecular weight excluding hydrogens is 328 g/mol. The Morgan fingerprint density at radius 2 is 1.64 bits per heavy atom. The van der Waals surface area contributed by atoms with Crippen molar-refractivity contribution >= 4 is 28.1 Å². The number of hydrogen-bond donors (Lipinski definition) is 1. The first kappa shape index (κ1) is 17.2. The first-order chi connectivity index (χ1) is 12.2. The molecule has 0 aliphatic heterocycles. The second-order valence-corrected chi connectivity index (χ2v) is 6.43. The third kappa shape index (κ3) is 4.48. The van der Waals surface area contributed by atoms with Crippen LogP contribution in [0, 0.1) is 0 Å². The van der Waals surface area contributed by atoms with Gasteiger partial charge in [0, 0.05) is 20.1 Å². The highest BCUT2D eigenvalue weighted by molar-refractivity contribution is 7.80. The summed E-state index contributed by atoms with van der Waals surface area (Å²) in [6, 6.07) is 22.9. The highest BCUT2D eigenvalue weighted by Crippen LogP contribution is 2.16. The van der Waals surface area contributed by atoms with E-state index in [2.05, 4.69) is 52.7 Å². The van der Waals surface area contributed by atoms with Crippen LogP contribution in [-0.2, 0) is 13.1 Å². The van der Waals surface area contributed by atoms with Crippen molar-refractivity contribution < 1.29 is 4.74 Å². The van der Waals surface area contributed by atoms with Gasteiger partial charge in [-0.1, -0.05) is 48.5 Å². The van der Waals surface area contributed by atoms with E-state index in [9.17, 15) is 0 Å². The van der Waals surface area contributed by atoms with Crippen LogP contribution in [0.5, 0.6) is 5.75 Å². The second kappa shape index (κ2) is 7.99. The maximum atomic E-state index is 5.51. The number of fused-ring (bicyclic) bond motifs is 1. The standard InChI is InChI=1S/C21H22N2OS/c1-23(15-17-7-10-18-5-3-4-6-19(18)13-17)21(25)22-14-16-8-11-20(24-2)12-9-16/h3-13H,14-15H2,1-2H3,(H,22,25). The van der Waals surface area contributed by atoms with Crippen LogP contribution >= 0.6 is 12.2 Å². The molecule has 4 heteroatoms. The fourth-order valence-corrected chi connectivity index (χ4v) is 2.88. The highest BCUT2D eigenvalue weighted by atomic mass is 32.1. The molecule has 0 radical (unpaired) electrons. The van der Waals surface area contributed by atoms with Crippen LogP contribution in [-0.4, -0.2) is 24.2 Å². The summed E-state index contributed by atoms with van der Waals surface area (Å²) in [5, 5.41) is 6.56. The molecule has 0 fully saturated rings. The predicted octanol–water partition coefficient (Wildman–Crippen LogP) is 4.35. The lowest BCUT2D eigenvalue weighted by molar-refractivity contribution is 0.414. The Morgan fingerprint density at radius 3 is 2.36 bits per heavy atom. The van der Waals surface area contributed by atoms with Crippen molar-refractivity contribution in [3.8, 4) is 5.75 Å². The molecule has 3 nitrogen and oxygen atoms in total. The van der Waals surface area contributed by atoms with E-state index in [0.29, 0.717) is 6.54 Å². The van der Waals surface area contributed by atoms with Gasteiger partial charge in [0.1, 0.15) is 5.75 Å². The summed E-state index contributed by atoms with van der Waals surface area (Å²) in [7, 11) is 3.68. The monoisotopic (exact) mass is 350 g/mol. The van der Waals surface area contributed by atoms with Crippen molar-refractivity contribution in [1.82, 2.24) is 10.2 Å². The van der Waals surface area contributed by atoms with Gasteiger partial charge in [0.25, 0.3) is 0 Å². The molecule has 0 spiro atoms. The topological polar surface area (TPSA) is 24.5 Å². The zero-order valence-electron chi connectivity index (χ0n) is 14.5. The minimum atomic E-state index is 0.699. The molecule has 25 heavy (non-hydrogen) atoms. The zero-order chi connectivity index (χ0) is 17.6. The Morgan fingerprint density at radius 1 is 0.960 bits per heavy atom. The van der Waals surface area contributed by atoms with Gasteiger partial charge in [0.2, 0.25) is 0 Å². The van der Waals surface area contributed by atoms with Gasteiger partial charge >= 0.3 is 0 Å². The lowest BCUT2D eigenvalue weighted by Gasteiger charge is -2.21. The van der Waals surface area contributed by atoms with Crippen LogP contribution in [0.1, 0.15) is 11.1 Å². The van der Waals surface area contributed by atoms with Crippen molar-refractivity contribution in [1.29, 1.82) is 0 Å². The molecule has 0 amide bonds. The average molecular weight is 350 g/mol. The van der Waals surface area contributed by atoms with Gasteiger partial charge in [-0.15, -0.1) is 0 Å². The number of rotatable bonds is 5. The second-order valence-electron chi connectivity index (χ2n) is 6.04. The van der Waals surface area contributed by atoms with Gasteiger partial charge in [-0.25, -0.2) is 0 Å². The molecular formula is C21H22N2OS. The van der Waals surface area contributed by atoms with Gasteiger partial charge in [-0.05, 0) is 52.3 Å². The average Bonchev–Trinajstić information content (AvgIpc) is 2.66. The number of nitrogens with one attached hydrogen (secondary N) is 1. The van der Waals surface area contributed by atoms with Crippen LogP contribution in [0.15, 0.2) is 66.7 Å². The third-order valence-corrected chi connectivity index (χ3v) is 4.64. The first-order valence-corrected chi connectivity index (χ1v) is 8.66. The largest absolute Gasteiger partial charge is 0.497 e. The molecule has 3 aromatic carbocycles. The molecule has 0 atom stereocenters. The lowest BCUT2D eigenvalue weighted by Crippen LogP contribution is -2.36. The normalized spacial score (nSPS) is 10.5. The maximum Gasteiger partial charge on any atom is 0.169 e. The number of ether oxygens (including phenoxy) is 1. The summed E-state index contributed by atoms with van der Waals surface area (Å²) < 4.78 is 5.18. The minimum Gasteiger partial charge on any atom is -0.497 e. The first-order valence-electron chi connectivity index (χ1n) is 8.25. The quantitative estimate of drug-likeness (QED) is 0.691. The van der Waals surface area contributed by atoms with E-state index in [1.165, 1.54) is 21.9 Å². The minimum absolute atomic E-state index is 0.699.